The molecule has 0 saturated carbocycles. The van der Waals surface area contributed by atoms with E-state index in [0.717, 1.165) is 0 Å². The van der Waals surface area contributed by atoms with Crippen LogP contribution in [0.5, 0.6) is 0 Å². The summed E-state index contributed by atoms with van der Waals surface area (Å²) < 4.78 is 0. The van der Waals surface area contributed by atoms with E-state index in [9.17, 15) is 9.59 Å². The lowest BCUT2D eigenvalue weighted by molar-refractivity contribution is -0.119. The Hall–Kier alpha value is -2.39. The normalized spacial score (nSPS) is 9.80. The first-order valence-electron chi connectivity index (χ1n) is 6.20. The van der Waals surface area contributed by atoms with Crippen LogP contribution >= 0.6 is 0 Å². The van der Waals surface area contributed by atoms with Crippen molar-refractivity contribution in [2.75, 3.05) is 13.1 Å². The topological polar surface area (TPSA) is 102 Å². The van der Waals surface area contributed by atoms with Gasteiger partial charge in [0.05, 0.1) is 13.1 Å². The van der Waals surface area contributed by atoms with E-state index < -0.39 is 5.91 Å². The molecule has 0 bridgehead atoms. The fourth-order valence-electron chi connectivity index (χ4n) is 1.55. The van der Waals surface area contributed by atoms with Gasteiger partial charge in [-0.05, 0) is 26.0 Å². The molecule has 0 aliphatic carbocycles. The number of pyridine rings is 1. The second-order valence-electron chi connectivity index (χ2n) is 4.43. The number of nitrogens with two attached hydrogens (primary N) is 2. The van der Waals surface area contributed by atoms with E-state index in [1.165, 1.54) is 11.1 Å². The van der Waals surface area contributed by atoms with E-state index in [-0.39, 0.29) is 30.7 Å². The van der Waals surface area contributed by atoms with Crippen LogP contribution in [0.4, 0.5) is 0 Å². The molecule has 1 aromatic heterocycles. The van der Waals surface area contributed by atoms with Crippen LogP contribution in [0, 0.1) is 11.8 Å². The smallest absolute Gasteiger partial charge is 0.273 e. The SMILES string of the molecule is CC(C)N(CC(N)=O)C(=O)c1ccc(C#CCN)cn1. The van der Waals surface area contributed by atoms with Gasteiger partial charge in [-0.1, -0.05) is 11.8 Å². The minimum absolute atomic E-state index is 0.132. The number of primary amides is 1. The van der Waals surface area contributed by atoms with E-state index >= 15 is 0 Å². The van der Waals surface area contributed by atoms with Gasteiger partial charge in [-0.25, -0.2) is 4.98 Å². The molecule has 0 radical (unpaired) electrons. The van der Waals surface area contributed by atoms with Crippen molar-refractivity contribution in [2.24, 2.45) is 11.5 Å². The fraction of sp³-hybridized carbons (Fsp3) is 0.357. The van der Waals surface area contributed by atoms with E-state index in [1.54, 1.807) is 12.1 Å². The molecule has 0 aliphatic rings. The Morgan fingerprint density at radius 2 is 2.10 bits per heavy atom. The Balaban J connectivity index is 2.92. The standard InChI is InChI=1S/C14H18N4O2/c1-10(2)18(9-13(16)19)14(20)12-6-5-11(8-17-12)4-3-7-15/h5-6,8,10H,7,9,15H2,1-2H3,(H2,16,19). The summed E-state index contributed by atoms with van der Waals surface area (Å²) in [5, 5.41) is 0. The highest BCUT2D eigenvalue weighted by Gasteiger charge is 2.21. The third-order valence-electron chi connectivity index (χ3n) is 2.53. The summed E-state index contributed by atoms with van der Waals surface area (Å²) >= 11 is 0. The quantitative estimate of drug-likeness (QED) is 0.737. The van der Waals surface area contributed by atoms with Crippen LogP contribution in [0.2, 0.25) is 0 Å². The fourth-order valence-corrected chi connectivity index (χ4v) is 1.55. The number of amides is 2. The molecule has 1 heterocycles. The van der Waals surface area contributed by atoms with Crippen LogP contribution in [0.1, 0.15) is 29.9 Å². The molecule has 4 N–H and O–H groups in total. The first-order chi connectivity index (χ1) is 9.45. The van der Waals surface area contributed by atoms with Gasteiger partial charge in [0.15, 0.2) is 0 Å². The van der Waals surface area contributed by atoms with Crippen molar-refractivity contribution in [1.29, 1.82) is 0 Å². The van der Waals surface area contributed by atoms with Gasteiger partial charge in [0, 0.05) is 17.8 Å². The summed E-state index contributed by atoms with van der Waals surface area (Å²) in [6.07, 6.45) is 1.50. The number of hydrogen-bond acceptors (Lipinski definition) is 4. The molecule has 6 nitrogen and oxygen atoms in total. The summed E-state index contributed by atoms with van der Waals surface area (Å²) in [5.41, 5.74) is 11.3. The molecule has 1 rings (SSSR count). The first-order valence-corrected chi connectivity index (χ1v) is 6.20. The van der Waals surface area contributed by atoms with Gasteiger partial charge in [0.2, 0.25) is 5.91 Å². The molecule has 0 fully saturated rings. The molecule has 0 unspecified atom stereocenters. The van der Waals surface area contributed by atoms with Crippen LogP contribution in [-0.2, 0) is 4.79 Å². The van der Waals surface area contributed by atoms with E-state index in [0.29, 0.717) is 5.56 Å². The first kappa shape index (κ1) is 15.7. The minimum atomic E-state index is -0.558. The number of carbonyl (C=O) groups is 2. The Morgan fingerprint density at radius 1 is 1.40 bits per heavy atom. The summed E-state index contributed by atoms with van der Waals surface area (Å²) in [5.74, 6) is 4.63. The summed E-state index contributed by atoms with van der Waals surface area (Å²) in [6.45, 7) is 3.75. The predicted octanol–water partition coefficient (Wildman–Crippen LogP) is -0.272. The van der Waals surface area contributed by atoms with Crippen LogP contribution < -0.4 is 11.5 Å². The van der Waals surface area contributed by atoms with Crippen molar-refractivity contribution < 1.29 is 9.59 Å². The number of nitrogens with zero attached hydrogens (tertiary/aromatic N) is 2. The molecule has 0 aliphatic heterocycles. The van der Waals surface area contributed by atoms with E-state index in [4.69, 9.17) is 11.5 Å². The number of carbonyl (C=O) groups excluding carboxylic acids is 2. The number of aromatic nitrogens is 1. The van der Waals surface area contributed by atoms with Gasteiger partial charge in [0.25, 0.3) is 5.91 Å². The molecular formula is C14H18N4O2. The molecule has 0 spiro atoms. The molecule has 0 atom stereocenters. The van der Waals surface area contributed by atoms with Crippen LogP contribution in [0.25, 0.3) is 0 Å². The second-order valence-corrected chi connectivity index (χ2v) is 4.43. The molecule has 0 aromatic carbocycles. The maximum absolute atomic E-state index is 12.2. The van der Waals surface area contributed by atoms with Crippen LogP contribution in [0.3, 0.4) is 0 Å². The van der Waals surface area contributed by atoms with Gasteiger partial charge in [-0.15, -0.1) is 0 Å². The average Bonchev–Trinajstić information content (AvgIpc) is 2.42. The van der Waals surface area contributed by atoms with Gasteiger partial charge < -0.3 is 16.4 Å². The van der Waals surface area contributed by atoms with Gasteiger partial charge in [0.1, 0.15) is 5.69 Å². The predicted molar refractivity (Wildman–Crippen MR) is 75.5 cm³/mol. The zero-order valence-corrected chi connectivity index (χ0v) is 11.6. The lowest BCUT2D eigenvalue weighted by Gasteiger charge is -2.24. The maximum Gasteiger partial charge on any atom is 0.273 e. The van der Waals surface area contributed by atoms with Crippen molar-refractivity contribution >= 4 is 11.8 Å². The summed E-state index contributed by atoms with van der Waals surface area (Å²) in [6, 6.07) is 3.11. The Morgan fingerprint density at radius 3 is 2.55 bits per heavy atom. The molecule has 20 heavy (non-hydrogen) atoms. The second kappa shape index (κ2) is 7.26. The molecule has 0 saturated heterocycles. The highest BCUT2D eigenvalue weighted by atomic mass is 16.2. The Bertz CT molecular complexity index is 541. The van der Waals surface area contributed by atoms with Gasteiger partial charge in [-0.2, -0.15) is 0 Å². The Kier molecular flexibility index (Phi) is 5.69. The van der Waals surface area contributed by atoms with Gasteiger partial charge >= 0.3 is 0 Å². The van der Waals surface area contributed by atoms with Crippen molar-refractivity contribution in [3.05, 3.63) is 29.6 Å². The lowest BCUT2D eigenvalue weighted by Crippen LogP contribution is -2.43. The van der Waals surface area contributed by atoms with Crippen LogP contribution in [-0.4, -0.2) is 40.8 Å². The number of rotatable bonds is 4. The van der Waals surface area contributed by atoms with Crippen molar-refractivity contribution in [2.45, 2.75) is 19.9 Å². The molecule has 106 valence electrons. The largest absolute Gasteiger partial charge is 0.368 e. The van der Waals surface area contributed by atoms with Gasteiger partial charge in [-0.3, -0.25) is 9.59 Å². The summed E-state index contributed by atoms with van der Waals surface area (Å²) in [4.78, 5) is 28.7. The van der Waals surface area contributed by atoms with Crippen molar-refractivity contribution in [3.8, 4) is 11.8 Å². The zero-order valence-electron chi connectivity index (χ0n) is 11.6. The average molecular weight is 274 g/mol. The molecule has 1 aromatic rings. The monoisotopic (exact) mass is 274 g/mol. The van der Waals surface area contributed by atoms with Crippen molar-refractivity contribution in [3.63, 3.8) is 0 Å². The third-order valence-corrected chi connectivity index (χ3v) is 2.53. The molecular weight excluding hydrogens is 256 g/mol. The van der Waals surface area contributed by atoms with Crippen molar-refractivity contribution in [1.82, 2.24) is 9.88 Å². The van der Waals surface area contributed by atoms with E-state index in [2.05, 4.69) is 16.8 Å². The Labute approximate surface area is 118 Å². The summed E-state index contributed by atoms with van der Waals surface area (Å²) in [7, 11) is 0. The lowest BCUT2D eigenvalue weighted by atomic mass is 10.2. The highest BCUT2D eigenvalue weighted by Crippen LogP contribution is 2.07. The molecule has 6 heteroatoms. The van der Waals surface area contributed by atoms with Crippen LogP contribution in [0.15, 0.2) is 18.3 Å². The minimum Gasteiger partial charge on any atom is -0.368 e. The van der Waals surface area contributed by atoms with E-state index in [1.807, 2.05) is 13.8 Å². The third kappa shape index (κ3) is 4.37. The number of hydrogen-bond donors (Lipinski definition) is 2. The molecule has 2 amide bonds. The maximum atomic E-state index is 12.2. The highest BCUT2D eigenvalue weighted by molar-refractivity contribution is 5.94. The zero-order chi connectivity index (χ0) is 15.1.